The van der Waals surface area contributed by atoms with Crippen molar-refractivity contribution in [1.82, 2.24) is 5.32 Å². The third-order valence-corrected chi connectivity index (χ3v) is 4.19. The summed E-state index contributed by atoms with van der Waals surface area (Å²) in [5.41, 5.74) is 5.30. The molecule has 0 fully saturated rings. The fraction of sp³-hybridized carbons (Fsp3) is 0.667. The van der Waals surface area contributed by atoms with Crippen LogP contribution in [-0.4, -0.2) is 53.7 Å². The number of methoxy groups -OCH3 is 1. The van der Waals surface area contributed by atoms with E-state index in [9.17, 15) is 14.4 Å². The van der Waals surface area contributed by atoms with Crippen molar-refractivity contribution in [3.8, 4) is 0 Å². The molecule has 1 amide bonds. The Labute approximate surface area is 113 Å². The van der Waals surface area contributed by atoms with Crippen LogP contribution in [0.4, 0.5) is 0 Å². The van der Waals surface area contributed by atoms with Gasteiger partial charge >= 0.3 is 11.9 Å². The normalized spacial score (nSPS) is 13.5. The van der Waals surface area contributed by atoms with E-state index in [2.05, 4.69) is 10.1 Å². The first-order valence-corrected chi connectivity index (χ1v) is 7.45. The van der Waals surface area contributed by atoms with Crippen molar-refractivity contribution < 1.29 is 24.2 Å². The van der Waals surface area contributed by atoms with Gasteiger partial charge in [0.2, 0.25) is 5.91 Å². The zero-order valence-electron chi connectivity index (χ0n) is 10.0. The maximum atomic E-state index is 11.3. The Balaban J connectivity index is 4.00. The lowest BCUT2D eigenvalue weighted by molar-refractivity contribution is -0.144. The summed E-state index contributed by atoms with van der Waals surface area (Å²) in [6.45, 7) is 1.30. The van der Waals surface area contributed by atoms with Gasteiger partial charge in [0.05, 0.1) is 7.11 Å². The highest BCUT2D eigenvalue weighted by molar-refractivity contribution is 8.76. The van der Waals surface area contributed by atoms with Gasteiger partial charge in [-0.05, 0) is 0 Å². The van der Waals surface area contributed by atoms with Crippen molar-refractivity contribution in [1.29, 1.82) is 0 Å². The standard InChI is InChI=1S/C9H16N2O5S2/c1-5(12)11-7(9(15)16-2)4-18-17-3-6(10)8(13)14/h6-7H,3-4,10H2,1-2H3,(H,11,12)(H,13,14)/t6-,7-/m0/s1. The molecule has 0 aromatic heterocycles. The van der Waals surface area contributed by atoms with Crippen LogP contribution in [0.25, 0.3) is 0 Å². The van der Waals surface area contributed by atoms with Gasteiger partial charge in [0, 0.05) is 18.4 Å². The highest BCUT2D eigenvalue weighted by Gasteiger charge is 2.20. The summed E-state index contributed by atoms with van der Waals surface area (Å²) < 4.78 is 4.53. The molecule has 9 heteroatoms. The molecule has 0 radical (unpaired) electrons. The van der Waals surface area contributed by atoms with E-state index in [0.29, 0.717) is 0 Å². The molecule has 2 atom stereocenters. The third kappa shape index (κ3) is 7.41. The minimum Gasteiger partial charge on any atom is -0.480 e. The van der Waals surface area contributed by atoms with E-state index in [1.165, 1.54) is 35.6 Å². The summed E-state index contributed by atoms with van der Waals surface area (Å²) in [6, 6.07) is -1.69. The minimum absolute atomic E-state index is 0.216. The molecule has 0 aliphatic rings. The lowest BCUT2D eigenvalue weighted by Crippen LogP contribution is -2.42. The number of nitrogens with two attached hydrogens (primary N) is 1. The van der Waals surface area contributed by atoms with Crippen LogP contribution < -0.4 is 11.1 Å². The Hall–Kier alpha value is -0.930. The van der Waals surface area contributed by atoms with Crippen LogP contribution in [0.1, 0.15) is 6.92 Å². The van der Waals surface area contributed by atoms with Crippen LogP contribution in [0.2, 0.25) is 0 Å². The van der Waals surface area contributed by atoms with Crippen LogP contribution in [-0.2, 0) is 19.1 Å². The minimum atomic E-state index is -1.07. The second-order valence-corrected chi connectivity index (χ2v) is 5.84. The fourth-order valence-corrected chi connectivity index (χ4v) is 3.13. The molecule has 0 saturated carbocycles. The monoisotopic (exact) mass is 296 g/mol. The van der Waals surface area contributed by atoms with Crippen molar-refractivity contribution in [2.45, 2.75) is 19.0 Å². The molecule has 0 unspecified atom stereocenters. The molecular formula is C9H16N2O5S2. The molecule has 4 N–H and O–H groups in total. The Morgan fingerprint density at radius 1 is 1.33 bits per heavy atom. The van der Waals surface area contributed by atoms with Gasteiger partial charge in [-0.1, -0.05) is 21.6 Å². The molecular weight excluding hydrogens is 280 g/mol. The van der Waals surface area contributed by atoms with Crippen LogP contribution in [0.3, 0.4) is 0 Å². The van der Waals surface area contributed by atoms with E-state index >= 15 is 0 Å². The number of hydrogen-bond acceptors (Lipinski definition) is 7. The molecule has 0 aliphatic carbocycles. The average molecular weight is 296 g/mol. The van der Waals surface area contributed by atoms with Gasteiger partial charge in [-0.2, -0.15) is 0 Å². The van der Waals surface area contributed by atoms with Crippen molar-refractivity contribution in [3.63, 3.8) is 0 Å². The van der Waals surface area contributed by atoms with E-state index in [1.807, 2.05) is 0 Å². The van der Waals surface area contributed by atoms with E-state index in [-0.39, 0.29) is 17.4 Å². The molecule has 0 aromatic rings. The van der Waals surface area contributed by atoms with Gasteiger partial charge in [-0.3, -0.25) is 9.59 Å². The number of carboxylic acids is 1. The molecule has 0 aliphatic heterocycles. The first kappa shape index (κ1) is 17.1. The van der Waals surface area contributed by atoms with Gasteiger partial charge in [-0.25, -0.2) is 4.79 Å². The zero-order chi connectivity index (χ0) is 14.1. The van der Waals surface area contributed by atoms with E-state index in [4.69, 9.17) is 10.8 Å². The zero-order valence-corrected chi connectivity index (χ0v) is 11.7. The Bertz CT molecular complexity index is 313. The summed E-state index contributed by atoms with van der Waals surface area (Å²) >= 11 is 0. The molecule has 0 bridgehead atoms. The first-order valence-electron chi connectivity index (χ1n) is 4.96. The number of rotatable bonds is 8. The van der Waals surface area contributed by atoms with Crippen LogP contribution >= 0.6 is 21.6 Å². The number of carbonyl (C=O) groups excluding carboxylic acids is 2. The molecule has 7 nitrogen and oxygen atoms in total. The predicted molar refractivity (Wildman–Crippen MR) is 70.1 cm³/mol. The van der Waals surface area contributed by atoms with Crippen LogP contribution in [0, 0.1) is 0 Å². The summed E-state index contributed by atoms with van der Waals surface area (Å²) in [6.07, 6.45) is 0. The SMILES string of the molecule is COC(=O)[C@H](CSSC[C@H](N)C(=O)O)NC(C)=O. The van der Waals surface area contributed by atoms with Crippen LogP contribution in [0.15, 0.2) is 0 Å². The first-order chi connectivity index (χ1) is 8.38. The average Bonchev–Trinajstić information content (AvgIpc) is 2.30. The highest BCUT2D eigenvalue weighted by Crippen LogP contribution is 2.22. The van der Waals surface area contributed by atoms with Crippen molar-refractivity contribution >= 4 is 39.4 Å². The maximum Gasteiger partial charge on any atom is 0.329 e. The maximum absolute atomic E-state index is 11.3. The molecule has 0 rings (SSSR count). The Morgan fingerprint density at radius 3 is 2.33 bits per heavy atom. The Kier molecular flexibility index (Phi) is 8.59. The predicted octanol–water partition coefficient (Wildman–Crippen LogP) is -0.543. The summed E-state index contributed by atoms with van der Waals surface area (Å²) in [5.74, 6) is -1.45. The molecule has 0 heterocycles. The fourth-order valence-electron chi connectivity index (χ4n) is 0.865. The van der Waals surface area contributed by atoms with Crippen molar-refractivity contribution in [2.24, 2.45) is 5.73 Å². The third-order valence-electron chi connectivity index (χ3n) is 1.75. The number of ether oxygens (including phenoxy) is 1. The highest BCUT2D eigenvalue weighted by atomic mass is 33.1. The second kappa shape index (κ2) is 9.06. The second-order valence-electron chi connectivity index (χ2n) is 3.29. The number of nitrogens with one attached hydrogen (secondary N) is 1. The van der Waals surface area contributed by atoms with Gasteiger partial charge in [0.25, 0.3) is 0 Å². The van der Waals surface area contributed by atoms with Crippen molar-refractivity contribution in [2.75, 3.05) is 18.6 Å². The smallest absolute Gasteiger partial charge is 0.329 e. The molecule has 18 heavy (non-hydrogen) atoms. The van der Waals surface area contributed by atoms with E-state index in [1.54, 1.807) is 0 Å². The quantitative estimate of drug-likeness (QED) is 0.310. The summed E-state index contributed by atoms with van der Waals surface area (Å²) in [5, 5.41) is 11.0. The number of carbonyl (C=O) groups is 3. The molecule has 104 valence electrons. The topological polar surface area (TPSA) is 119 Å². The summed E-state index contributed by atoms with van der Waals surface area (Å²) in [4.78, 5) is 32.6. The van der Waals surface area contributed by atoms with Gasteiger partial charge in [0.15, 0.2) is 0 Å². The van der Waals surface area contributed by atoms with E-state index in [0.717, 1.165) is 0 Å². The number of amides is 1. The van der Waals surface area contributed by atoms with Gasteiger partial charge < -0.3 is 20.9 Å². The van der Waals surface area contributed by atoms with E-state index < -0.39 is 24.0 Å². The lowest BCUT2D eigenvalue weighted by atomic mass is 10.3. The molecule has 0 saturated heterocycles. The Morgan fingerprint density at radius 2 is 1.89 bits per heavy atom. The number of esters is 1. The van der Waals surface area contributed by atoms with Gasteiger partial charge in [0.1, 0.15) is 12.1 Å². The van der Waals surface area contributed by atoms with Crippen molar-refractivity contribution in [3.05, 3.63) is 0 Å². The lowest BCUT2D eigenvalue weighted by Gasteiger charge is -2.14. The molecule has 0 aromatic carbocycles. The number of hydrogen-bond donors (Lipinski definition) is 3. The van der Waals surface area contributed by atoms with Crippen LogP contribution in [0.5, 0.6) is 0 Å². The largest absolute Gasteiger partial charge is 0.480 e. The number of aliphatic carboxylic acids is 1. The van der Waals surface area contributed by atoms with Gasteiger partial charge in [-0.15, -0.1) is 0 Å². The number of carboxylic acid groups (broad SMARTS) is 1. The molecule has 0 spiro atoms. The summed E-state index contributed by atoms with van der Waals surface area (Å²) in [7, 11) is 3.71.